The Morgan fingerprint density at radius 1 is 1.03 bits per heavy atom. The predicted octanol–water partition coefficient (Wildman–Crippen LogP) is 3.79. The van der Waals surface area contributed by atoms with Gasteiger partial charge in [0.25, 0.3) is 5.56 Å². The van der Waals surface area contributed by atoms with E-state index in [0.29, 0.717) is 39.3 Å². The summed E-state index contributed by atoms with van der Waals surface area (Å²) in [4.78, 5) is 33.3. The lowest BCUT2D eigenvalue weighted by atomic mass is 10.2. The Labute approximate surface area is 187 Å². The highest BCUT2D eigenvalue weighted by atomic mass is 35.5. The fourth-order valence-corrected chi connectivity index (χ4v) is 4.55. The van der Waals surface area contributed by atoms with Gasteiger partial charge in [-0.05, 0) is 36.2 Å². The first-order chi connectivity index (χ1) is 15.0. The third-order valence-electron chi connectivity index (χ3n) is 5.63. The number of aryl methyl sites for hydroxylation is 2. The molecular formula is C22H19Cl2N5O2. The van der Waals surface area contributed by atoms with E-state index in [4.69, 9.17) is 28.2 Å². The fourth-order valence-electron chi connectivity index (χ4n) is 4.08. The molecule has 1 aliphatic rings. The normalized spacial score (nSPS) is 13.6. The molecule has 5 rings (SSSR count). The van der Waals surface area contributed by atoms with Gasteiger partial charge in [-0.2, -0.15) is 4.98 Å². The van der Waals surface area contributed by atoms with E-state index in [2.05, 4.69) is 4.90 Å². The van der Waals surface area contributed by atoms with Gasteiger partial charge in [-0.3, -0.25) is 13.9 Å². The van der Waals surface area contributed by atoms with Gasteiger partial charge in [-0.1, -0.05) is 47.5 Å². The van der Waals surface area contributed by atoms with Crippen LogP contribution < -0.4 is 16.1 Å². The van der Waals surface area contributed by atoms with Gasteiger partial charge in [0.05, 0.1) is 6.54 Å². The molecule has 0 spiro atoms. The minimum atomic E-state index is -0.440. The zero-order valence-corrected chi connectivity index (χ0v) is 18.3. The molecule has 158 valence electrons. The molecule has 3 heterocycles. The standard InChI is InChI=1S/C22H19Cl2N5O2/c1-26-19-18(20(30)29(22(26)31)13-14-8-9-15(23)12-17(14)24)28-11-5-10-27(21(28)25-19)16-6-3-2-4-7-16/h2-4,6-9,12H,5,10-11,13H2,1H3. The average Bonchev–Trinajstić information content (AvgIpc) is 3.17. The number of imidazole rings is 1. The Kier molecular flexibility index (Phi) is 4.87. The maximum atomic E-state index is 13.5. The second-order valence-corrected chi connectivity index (χ2v) is 8.39. The van der Waals surface area contributed by atoms with Crippen molar-refractivity contribution in [1.82, 2.24) is 18.7 Å². The summed E-state index contributed by atoms with van der Waals surface area (Å²) in [5, 5.41) is 0.905. The van der Waals surface area contributed by atoms with Gasteiger partial charge in [0.15, 0.2) is 11.2 Å². The Morgan fingerprint density at radius 3 is 2.55 bits per heavy atom. The van der Waals surface area contributed by atoms with Crippen molar-refractivity contribution in [2.45, 2.75) is 19.5 Å². The van der Waals surface area contributed by atoms with Crippen molar-refractivity contribution < 1.29 is 0 Å². The van der Waals surface area contributed by atoms with Crippen molar-refractivity contribution in [2.75, 3.05) is 11.4 Å². The SMILES string of the molecule is Cn1c(=O)n(Cc2ccc(Cl)cc2Cl)c(=O)c2c1nc1n2CCCN1c1ccccc1. The topological polar surface area (TPSA) is 65.1 Å². The van der Waals surface area contributed by atoms with Crippen LogP contribution in [0.2, 0.25) is 10.0 Å². The molecule has 0 unspecified atom stereocenters. The summed E-state index contributed by atoms with van der Waals surface area (Å²) >= 11 is 12.3. The van der Waals surface area contributed by atoms with Crippen LogP contribution in [0.5, 0.6) is 0 Å². The molecule has 7 nitrogen and oxygen atoms in total. The molecule has 0 amide bonds. The molecule has 0 radical (unpaired) electrons. The summed E-state index contributed by atoms with van der Waals surface area (Å²) in [5.74, 6) is 0.668. The van der Waals surface area contributed by atoms with E-state index in [-0.39, 0.29) is 12.1 Å². The molecule has 31 heavy (non-hydrogen) atoms. The number of para-hydroxylation sites is 1. The zero-order valence-electron chi connectivity index (χ0n) is 16.8. The summed E-state index contributed by atoms with van der Waals surface area (Å²) in [5.41, 5.74) is 1.63. The van der Waals surface area contributed by atoms with Gasteiger partial charge in [0.2, 0.25) is 5.95 Å². The van der Waals surface area contributed by atoms with Gasteiger partial charge < -0.3 is 9.47 Å². The van der Waals surface area contributed by atoms with Crippen LogP contribution >= 0.6 is 23.2 Å². The number of halogens is 2. The summed E-state index contributed by atoms with van der Waals surface area (Å²) < 4.78 is 4.54. The van der Waals surface area contributed by atoms with Crippen molar-refractivity contribution in [3.8, 4) is 0 Å². The molecule has 4 aromatic rings. The second kappa shape index (κ2) is 7.59. The van der Waals surface area contributed by atoms with Crippen LogP contribution in [-0.2, 0) is 20.1 Å². The molecule has 0 N–H and O–H groups in total. The van der Waals surface area contributed by atoms with Gasteiger partial charge in [0, 0.05) is 35.9 Å². The number of nitrogens with zero attached hydrogens (tertiary/aromatic N) is 5. The third kappa shape index (κ3) is 3.25. The summed E-state index contributed by atoms with van der Waals surface area (Å²) in [6, 6.07) is 14.9. The number of fused-ring (bicyclic) bond motifs is 3. The van der Waals surface area contributed by atoms with Gasteiger partial charge in [0.1, 0.15) is 0 Å². The van der Waals surface area contributed by atoms with Crippen molar-refractivity contribution in [2.24, 2.45) is 7.05 Å². The number of anilines is 2. The van der Waals surface area contributed by atoms with Crippen molar-refractivity contribution in [3.05, 3.63) is 85.0 Å². The number of benzene rings is 2. The van der Waals surface area contributed by atoms with E-state index in [1.165, 1.54) is 9.13 Å². The third-order valence-corrected chi connectivity index (χ3v) is 6.22. The van der Waals surface area contributed by atoms with Gasteiger partial charge in [-0.15, -0.1) is 0 Å². The highest BCUT2D eigenvalue weighted by Gasteiger charge is 2.27. The predicted molar refractivity (Wildman–Crippen MR) is 123 cm³/mol. The molecule has 0 fully saturated rings. The smallest absolute Gasteiger partial charge is 0.312 e. The molecule has 2 aromatic carbocycles. The van der Waals surface area contributed by atoms with Gasteiger partial charge in [-0.25, -0.2) is 4.79 Å². The zero-order chi connectivity index (χ0) is 21.7. The highest BCUT2D eigenvalue weighted by molar-refractivity contribution is 6.35. The first-order valence-corrected chi connectivity index (χ1v) is 10.7. The first-order valence-electron chi connectivity index (χ1n) is 9.92. The van der Waals surface area contributed by atoms with E-state index in [9.17, 15) is 9.59 Å². The summed E-state index contributed by atoms with van der Waals surface area (Å²) in [7, 11) is 1.63. The molecule has 9 heteroatoms. The maximum absolute atomic E-state index is 13.5. The van der Waals surface area contributed by atoms with E-state index in [1.807, 2.05) is 34.9 Å². The largest absolute Gasteiger partial charge is 0.332 e. The molecule has 2 aromatic heterocycles. The average molecular weight is 456 g/mol. The molecule has 0 saturated heterocycles. The second-order valence-electron chi connectivity index (χ2n) is 7.55. The highest BCUT2D eigenvalue weighted by Crippen LogP contribution is 2.30. The van der Waals surface area contributed by atoms with Crippen LogP contribution in [0.3, 0.4) is 0 Å². The molecule has 0 bridgehead atoms. The molecule has 0 aliphatic carbocycles. The Morgan fingerprint density at radius 2 is 1.81 bits per heavy atom. The van der Waals surface area contributed by atoms with E-state index < -0.39 is 5.69 Å². The Balaban J connectivity index is 1.71. The number of hydrogen-bond acceptors (Lipinski definition) is 4. The molecule has 1 aliphatic heterocycles. The van der Waals surface area contributed by atoms with Crippen LogP contribution in [0.1, 0.15) is 12.0 Å². The van der Waals surface area contributed by atoms with Crippen LogP contribution in [0.25, 0.3) is 11.2 Å². The monoisotopic (exact) mass is 455 g/mol. The van der Waals surface area contributed by atoms with Crippen molar-refractivity contribution >= 4 is 46.0 Å². The number of aromatic nitrogens is 4. The minimum Gasteiger partial charge on any atom is -0.312 e. The van der Waals surface area contributed by atoms with Crippen molar-refractivity contribution in [3.63, 3.8) is 0 Å². The lowest BCUT2D eigenvalue weighted by Crippen LogP contribution is -2.40. The molecule has 0 saturated carbocycles. The molecular weight excluding hydrogens is 437 g/mol. The summed E-state index contributed by atoms with van der Waals surface area (Å²) in [6.07, 6.45) is 0.860. The number of hydrogen-bond donors (Lipinski definition) is 0. The maximum Gasteiger partial charge on any atom is 0.332 e. The fraction of sp³-hybridized carbons (Fsp3) is 0.227. The van der Waals surface area contributed by atoms with Gasteiger partial charge >= 0.3 is 5.69 Å². The van der Waals surface area contributed by atoms with Crippen molar-refractivity contribution in [1.29, 1.82) is 0 Å². The summed E-state index contributed by atoms with van der Waals surface area (Å²) in [6.45, 7) is 1.50. The van der Waals surface area contributed by atoms with Crippen LogP contribution in [0.15, 0.2) is 58.1 Å². The van der Waals surface area contributed by atoms with Crippen LogP contribution in [0, 0.1) is 0 Å². The Bertz CT molecular complexity index is 1420. The van der Waals surface area contributed by atoms with Crippen LogP contribution in [0.4, 0.5) is 11.6 Å². The lowest BCUT2D eigenvalue weighted by Gasteiger charge is -2.28. The van der Waals surface area contributed by atoms with E-state index >= 15 is 0 Å². The molecule has 0 atom stereocenters. The van der Waals surface area contributed by atoms with E-state index in [1.54, 1.807) is 25.2 Å². The first kappa shape index (κ1) is 19.9. The van der Waals surface area contributed by atoms with E-state index in [0.717, 1.165) is 18.7 Å². The Hall–Kier alpha value is -3.03. The van der Waals surface area contributed by atoms with Crippen LogP contribution in [-0.4, -0.2) is 25.2 Å². The number of rotatable bonds is 3. The minimum absolute atomic E-state index is 0.0559. The quantitative estimate of drug-likeness (QED) is 0.471. The lowest BCUT2D eigenvalue weighted by molar-refractivity contribution is 0.597.